The maximum atomic E-state index is 11.6. The molecule has 0 aliphatic heterocycles. The zero-order valence-electron chi connectivity index (χ0n) is 16.4. The zero-order valence-corrected chi connectivity index (χ0v) is 17.9. The molecule has 0 aliphatic rings. The van der Waals surface area contributed by atoms with Crippen molar-refractivity contribution in [1.82, 2.24) is 24.7 Å². The fourth-order valence-corrected chi connectivity index (χ4v) is 3.37. The van der Waals surface area contributed by atoms with E-state index in [0.717, 1.165) is 0 Å². The molecule has 9 nitrogen and oxygen atoms in total. The van der Waals surface area contributed by atoms with Gasteiger partial charge in [-0.15, -0.1) is 0 Å². The van der Waals surface area contributed by atoms with Gasteiger partial charge in [0.15, 0.2) is 0 Å². The molecule has 0 fully saturated rings. The predicted octanol–water partition coefficient (Wildman–Crippen LogP) is 2.56. The molecule has 2 aromatic heterocycles. The van der Waals surface area contributed by atoms with E-state index in [1.54, 1.807) is 42.7 Å². The summed E-state index contributed by atoms with van der Waals surface area (Å²) in [6, 6.07) is 8.60. The second kappa shape index (κ2) is 9.79. The lowest BCUT2D eigenvalue weighted by Crippen LogP contribution is -2.20. The maximum absolute atomic E-state index is 11.6. The van der Waals surface area contributed by atoms with E-state index in [0.29, 0.717) is 46.6 Å². The Balaban J connectivity index is 1.70. The highest BCUT2D eigenvalue weighted by molar-refractivity contribution is 7.88. The molecule has 0 spiro atoms. The molecule has 0 bridgehead atoms. The number of aryl methyl sites for hydroxylation is 2. The first-order valence-electron chi connectivity index (χ1n) is 8.93. The second-order valence-corrected chi connectivity index (χ2v) is 8.57. The molecule has 0 radical (unpaired) electrons. The van der Waals surface area contributed by atoms with E-state index >= 15 is 0 Å². The second-order valence-electron chi connectivity index (χ2n) is 6.21. The minimum Gasteiger partial charge on any atom is -0.467 e. The largest absolute Gasteiger partial charge is 0.467 e. The van der Waals surface area contributed by atoms with E-state index in [9.17, 15) is 8.42 Å². The van der Waals surface area contributed by atoms with Crippen molar-refractivity contribution < 1.29 is 17.9 Å². The summed E-state index contributed by atoms with van der Waals surface area (Å²) in [5.41, 5.74) is 1.34. The van der Waals surface area contributed by atoms with Gasteiger partial charge >= 0.3 is 6.01 Å². The van der Waals surface area contributed by atoms with Gasteiger partial charge in [0.1, 0.15) is 11.6 Å². The Hall–Kier alpha value is -2.82. The van der Waals surface area contributed by atoms with Gasteiger partial charge in [-0.3, -0.25) is 0 Å². The van der Waals surface area contributed by atoms with Crippen LogP contribution in [0.4, 0.5) is 0 Å². The molecular weight excluding hydrogens is 430 g/mol. The van der Waals surface area contributed by atoms with E-state index in [4.69, 9.17) is 21.1 Å². The van der Waals surface area contributed by atoms with Crippen LogP contribution in [0.15, 0.2) is 42.7 Å². The molecule has 0 amide bonds. The first-order valence-corrected chi connectivity index (χ1v) is 11.0. The van der Waals surface area contributed by atoms with Crippen molar-refractivity contribution in [2.24, 2.45) is 0 Å². The molecule has 0 aliphatic carbocycles. The van der Waals surface area contributed by atoms with Gasteiger partial charge < -0.3 is 9.47 Å². The SMILES string of the molecule is CNS(=O)(=O)Cc1ccc(Oc2cc(CCc3ncc(Cl)cn3)nc(OC)n2)cc1. The Morgan fingerprint density at radius 1 is 1.07 bits per heavy atom. The summed E-state index contributed by atoms with van der Waals surface area (Å²) < 4.78 is 36.5. The van der Waals surface area contributed by atoms with Crippen molar-refractivity contribution in [3.8, 4) is 17.6 Å². The van der Waals surface area contributed by atoms with Crippen molar-refractivity contribution in [2.45, 2.75) is 18.6 Å². The van der Waals surface area contributed by atoms with Crippen molar-refractivity contribution in [1.29, 1.82) is 0 Å². The van der Waals surface area contributed by atoms with Crippen LogP contribution in [0.2, 0.25) is 5.02 Å². The third kappa shape index (κ3) is 6.34. The summed E-state index contributed by atoms with van der Waals surface area (Å²) in [4.78, 5) is 16.9. The third-order valence-corrected chi connectivity index (χ3v) is 5.54. The first-order chi connectivity index (χ1) is 14.4. The van der Waals surface area contributed by atoms with Crippen LogP contribution in [0, 0.1) is 0 Å². The first kappa shape index (κ1) is 21.9. The number of sulfonamides is 1. The van der Waals surface area contributed by atoms with Gasteiger partial charge in [-0.25, -0.2) is 28.1 Å². The van der Waals surface area contributed by atoms with Gasteiger partial charge in [-0.1, -0.05) is 23.7 Å². The van der Waals surface area contributed by atoms with Gasteiger partial charge in [-0.2, -0.15) is 4.98 Å². The normalized spacial score (nSPS) is 11.3. The topological polar surface area (TPSA) is 116 Å². The number of nitrogens with zero attached hydrogens (tertiary/aromatic N) is 4. The number of ether oxygens (including phenoxy) is 2. The standard InChI is InChI=1S/C19H20ClN5O4S/c1-21-30(26,27)12-13-3-6-16(7-4-13)29-18-9-15(24-19(25-18)28-2)5-8-17-22-10-14(20)11-23-17/h3-4,6-7,9-11,21H,5,8,12H2,1-2H3. The Kier molecular flexibility index (Phi) is 7.14. The Bertz CT molecular complexity index is 1090. The lowest BCUT2D eigenvalue weighted by molar-refractivity contribution is 0.364. The fraction of sp³-hybridized carbons (Fsp3) is 0.263. The van der Waals surface area contributed by atoms with Crippen LogP contribution in [-0.2, 0) is 28.6 Å². The van der Waals surface area contributed by atoms with E-state index in [1.165, 1.54) is 14.2 Å². The molecule has 3 rings (SSSR count). The van der Waals surface area contributed by atoms with Crippen LogP contribution in [0.5, 0.6) is 17.6 Å². The molecule has 30 heavy (non-hydrogen) atoms. The number of halogens is 1. The molecule has 158 valence electrons. The molecule has 11 heteroatoms. The molecule has 0 saturated carbocycles. The Morgan fingerprint density at radius 2 is 1.77 bits per heavy atom. The Morgan fingerprint density at radius 3 is 2.40 bits per heavy atom. The average Bonchev–Trinajstić information content (AvgIpc) is 2.74. The number of benzene rings is 1. The highest BCUT2D eigenvalue weighted by atomic mass is 35.5. The van der Waals surface area contributed by atoms with Crippen LogP contribution in [-0.4, -0.2) is 42.5 Å². The van der Waals surface area contributed by atoms with E-state index in [-0.39, 0.29) is 11.8 Å². The van der Waals surface area contributed by atoms with Crippen LogP contribution in [0.1, 0.15) is 17.1 Å². The van der Waals surface area contributed by atoms with E-state index in [1.807, 2.05) is 0 Å². The van der Waals surface area contributed by atoms with Crippen LogP contribution in [0.3, 0.4) is 0 Å². The summed E-state index contributed by atoms with van der Waals surface area (Å²) in [5, 5.41) is 0.479. The summed E-state index contributed by atoms with van der Waals surface area (Å²) in [5.74, 6) is 1.35. The molecule has 3 aromatic rings. The van der Waals surface area contributed by atoms with Crippen molar-refractivity contribution in [3.05, 3.63) is 64.8 Å². The van der Waals surface area contributed by atoms with Crippen LogP contribution < -0.4 is 14.2 Å². The summed E-state index contributed by atoms with van der Waals surface area (Å²) in [6.45, 7) is 0. The smallest absolute Gasteiger partial charge is 0.319 e. The fourth-order valence-electron chi connectivity index (χ4n) is 2.49. The van der Waals surface area contributed by atoms with Crippen molar-refractivity contribution in [2.75, 3.05) is 14.2 Å². The van der Waals surface area contributed by atoms with Gasteiger partial charge in [0, 0.05) is 24.9 Å². The van der Waals surface area contributed by atoms with Crippen LogP contribution >= 0.6 is 11.6 Å². The number of rotatable bonds is 9. The number of methoxy groups -OCH3 is 1. The highest BCUT2D eigenvalue weighted by Crippen LogP contribution is 2.23. The monoisotopic (exact) mass is 449 g/mol. The quantitative estimate of drug-likeness (QED) is 0.529. The summed E-state index contributed by atoms with van der Waals surface area (Å²) in [7, 11) is -0.481. The van der Waals surface area contributed by atoms with E-state index < -0.39 is 10.0 Å². The summed E-state index contributed by atoms with van der Waals surface area (Å²) >= 11 is 5.80. The van der Waals surface area contributed by atoms with Gasteiger partial charge in [0.05, 0.1) is 23.6 Å². The molecule has 0 atom stereocenters. The van der Waals surface area contributed by atoms with Crippen molar-refractivity contribution >= 4 is 21.6 Å². The molecule has 0 saturated heterocycles. The molecular formula is C19H20ClN5O4S. The number of hydrogen-bond donors (Lipinski definition) is 1. The average molecular weight is 450 g/mol. The number of aromatic nitrogens is 4. The minimum absolute atomic E-state index is 0.109. The number of hydrogen-bond acceptors (Lipinski definition) is 8. The minimum atomic E-state index is -3.34. The predicted molar refractivity (Wildman–Crippen MR) is 111 cm³/mol. The third-order valence-electron chi connectivity index (χ3n) is 4.01. The maximum Gasteiger partial charge on any atom is 0.319 e. The highest BCUT2D eigenvalue weighted by Gasteiger charge is 2.11. The van der Waals surface area contributed by atoms with Gasteiger partial charge in [0.25, 0.3) is 0 Å². The lowest BCUT2D eigenvalue weighted by Gasteiger charge is -2.09. The molecule has 1 aromatic carbocycles. The molecule has 1 N–H and O–H groups in total. The van der Waals surface area contributed by atoms with Gasteiger partial charge in [-0.05, 0) is 31.2 Å². The molecule has 2 heterocycles. The van der Waals surface area contributed by atoms with E-state index in [2.05, 4.69) is 24.7 Å². The summed E-state index contributed by atoms with van der Waals surface area (Å²) in [6.07, 6.45) is 4.21. The Labute approximate surface area is 179 Å². The van der Waals surface area contributed by atoms with Crippen LogP contribution in [0.25, 0.3) is 0 Å². The zero-order chi connectivity index (χ0) is 21.6. The van der Waals surface area contributed by atoms with Crippen molar-refractivity contribution in [3.63, 3.8) is 0 Å². The number of nitrogens with one attached hydrogen (secondary N) is 1. The lowest BCUT2D eigenvalue weighted by atomic mass is 10.2. The van der Waals surface area contributed by atoms with Gasteiger partial charge in [0.2, 0.25) is 15.9 Å². The molecule has 0 unspecified atom stereocenters.